The van der Waals surface area contributed by atoms with Gasteiger partial charge >= 0.3 is 6.01 Å². The Kier molecular flexibility index (Phi) is 4.72. The SMILES string of the molecule is CN(C)c1nc(OCCCl)nc(N(C)C#N)n1. The third kappa shape index (κ3) is 3.60. The summed E-state index contributed by atoms with van der Waals surface area (Å²) in [6.07, 6.45) is 1.91. The summed E-state index contributed by atoms with van der Waals surface area (Å²) >= 11 is 5.51. The molecule has 1 heterocycles. The standard InChI is InChI=1S/C9H13ClN6O/c1-15(2)7-12-8(16(3)6-11)14-9(13-7)17-5-4-10/h4-5H2,1-3H3. The van der Waals surface area contributed by atoms with E-state index in [-0.39, 0.29) is 12.0 Å². The molecule has 0 aliphatic rings. The van der Waals surface area contributed by atoms with Crippen molar-refractivity contribution in [2.45, 2.75) is 0 Å². The van der Waals surface area contributed by atoms with Gasteiger partial charge in [-0.15, -0.1) is 11.6 Å². The second kappa shape index (κ2) is 6.06. The van der Waals surface area contributed by atoms with E-state index in [1.807, 2.05) is 6.19 Å². The van der Waals surface area contributed by atoms with Gasteiger partial charge in [0.05, 0.1) is 5.88 Å². The number of anilines is 2. The third-order valence-electron chi connectivity index (χ3n) is 1.75. The lowest BCUT2D eigenvalue weighted by Crippen LogP contribution is -2.19. The van der Waals surface area contributed by atoms with Crippen molar-refractivity contribution < 1.29 is 4.74 Å². The number of rotatable bonds is 5. The van der Waals surface area contributed by atoms with Gasteiger partial charge in [-0.05, 0) is 0 Å². The summed E-state index contributed by atoms with van der Waals surface area (Å²) in [5.74, 6) is 0.990. The minimum absolute atomic E-state index is 0.154. The van der Waals surface area contributed by atoms with Crippen LogP contribution in [0.15, 0.2) is 0 Å². The normalized spacial score (nSPS) is 9.59. The van der Waals surface area contributed by atoms with Crippen LogP contribution in [-0.4, -0.2) is 48.6 Å². The maximum Gasteiger partial charge on any atom is 0.323 e. The Balaban J connectivity index is 3.06. The fraction of sp³-hybridized carbons (Fsp3) is 0.556. The Morgan fingerprint density at radius 3 is 2.41 bits per heavy atom. The zero-order valence-electron chi connectivity index (χ0n) is 9.88. The van der Waals surface area contributed by atoms with Crippen LogP contribution >= 0.6 is 11.6 Å². The molecule has 0 radical (unpaired) electrons. The summed E-state index contributed by atoms with van der Waals surface area (Å²) < 4.78 is 5.22. The van der Waals surface area contributed by atoms with Crippen molar-refractivity contribution in [1.29, 1.82) is 5.26 Å². The average molecular weight is 257 g/mol. The molecule has 0 saturated heterocycles. The van der Waals surface area contributed by atoms with E-state index in [4.69, 9.17) is 21.6 Å². The summed E-state index contributed by atoms with van der Waals surface area (Å²) in [6, 6.07) is 0.154. The largest absolute Gasteiger partial charge is 0.462 e. The molecule has 1 rings (SSSR count). The van der Waals surface area contributed by atoms with E-state index < -0.39 is 0 Å². The van der Waals surface area contributed by atoms with Crippen LogP contribution in [0.25, 0.3) is 0 Å². The molecule has 0 bridgehead atoms. The maximum absolute atomic E-state index is 8.78. The number of aromatic nitrogens is 3. The molecule has 0 aliphatic carbocycles. The van der Waals surface area contributed by atoms with Crippen molar-refractivity contribution >= 4 is 23.5 Å². The predicted octanol–water partition coefficient (Wildman–Crippen LogP) is 0.472. The Bertz CT molecular complexity index is 418. The van der Waals surface area contributed by atoms with E-state index in [1.165, 1.54) is 4.90 Å². The lowest BCUT2D eigenvalue weighted by molar-refractivity contribution is 0.314. The maximum atomic E-state index is 8.78. The summed E-state index contributed by atoms with van der Waals surface area (Å²) in [7, 11) is 5.13. The molecule has 0 unspecified atom stereocenters. The molecule has 1 aromatic heterocycles. The quantitative estimate of drug-likeness (QED) is 0.430. The topological polar surface area (TPSA) is 78.2 Å². The number of ether oxygens (including phenoxy) is 1. The number of nitrogens with zero attached hydrogens (tertiary/aromatic N) is 6. The summed E-state index contributed by atoms with van der Waals surface area (Å²) in [5, 5.41) is 8.78. The molecule has 0 N–H and O–H groups in total. The van der Waals surface area contributed by atoms with Crippen molar-refractivity contribution in [2.24, 2.45) is 0 Å². The lowest BCUT2D eigenvalue weighted by Gasteiger charge is -2.14. The van der Waals surface area contributed by atoms with Gasteiger partial charge in [-0.1, -0.05) is 0 Å². The number of nitriles is 1. The Morgan fingerprint density at radius 2 is 1.88 bits per heavy atom. The molecule has 1 aromatic rings. The molecule has 0 atom stereocenters. The van der Waals surface area contributed by atoms with Gasteiger partial charge in [0.2, 0.25) is 11.9 Å². The molecule has 0 saturated carbocycles. The van der Waals surface area contributed by atoms with E-state index >= 15 is 0 Å². The van der Waals surface area contributed by atoms with Crippen LogP contribution in [-0.2, 0) is 0 Å². The number of halogens is 1. The summed E-state index contributed by atoms with van der Waals surface area (Å²) in [5.41, 5.74) is 0. The monoisotopic (exact) mass is 256 g/mol. The van der Waals surface area contributed by atoms with Gasteiger partial charge in [0.15, 0.2) is 6.19 Å². The van der Waals surface area contributed by atoms with Gasteiger partial charge < -0.3 is 9.64 Å². The van der Waals surface area contributed by atoms with Crippen molar-refractivity contribution in [3.63, 3.8) is 0 Å². The predicted molar refractivity (Wildman–Crippen MR) is 64.4 cm³/mol. The highest BCUT2D eigenvalue weighted by Gasteiger charge is 2.11. The van der Waals surface area contributed by atoms with Gasteiger partial charge in [-0.3, -0.25) is 0 Å². The molecule has 0 aliphatic heterocycles. The van der Waals surface area contributed by atoms with Crippen molar-refractivity contribution in [2.75, 3.05) is 43.4 Å². The van der Waals surface area contributed by atoms with Gasteiger partial charge in [0.1, 0.15) is 6.61 Å². The summed E-state index contributed by atoms with van der Waals surface area (Å²) in [6.45, 7) is 0.300. The highest BCUT2D eigenvalue weighted by molar-refractivity contribution is 6.17. The molecule has 8 heteroatoms. The van der Waals surface area contributed by atoms with E-state index in [9.17, 15) is 0 Å². The molecule has 17 heavy (non-hydrogen) atoms. The lowest BCUT2D eigenvalue weighted by atomic mass is 10.7. The number of hydrogen-bond donors (Lipinski definition) is 0. The van der Waals surface area contributed by atoms with Gasteiger partial charge in [0, 0.05) is 21.1 Å². The first-order valence-corrected chi connectivity index (χ1v) is 5.37. The third-order valence-corrected chi connectivity index (χ3v) is 1.90. The fourth-order valence-corrected chi connectivity index (χ4v) is 1.00. The second-order valence-corrected chi connectivity index (χ2v) is 3.69. The Morgan fingerprint density at radius 1 is 1.24 bits per heavy atom. The van der Waals surface area contributed by atoms with Crippen molar-refractivity contribution in [3.05, 3.63) is 0 Å². The van der Waals surface area contributed by atoms with Crippen LogP contribution in [0.2, 0.25) is 0 Å². The zero-order chi connectivity index (χ0) is 12.8. The molecule has 92 valence electrons. The van der Waals surface area contributed by atoms with E-state index in [0.29, 0.717) is 18.4 Å². The minimum atomic E-state index is 0.154. The zero-order valence-corrected chi connectivity index (χ0v) is 10.6. The van der Waals surface area contributed by atoms with Crippen molar-refractivity contribution in [1.82, 2.24) is 15.0 Å². The van der Waals surface area contributed by atoms with Crippen LogP contribution in [0.4, 0.5) is 11.9 Å². The molecule has 0 fully saturated rings. The molecule has 0 amide bonds. The fourth-order valence-electron chi connectivity index (χ4n) is 0.925. The van der Waals surface area contributed by atoms with E-state index in [0.717, 1.165) is 0 Å². The van der Waals surface area contributed by atoms with E-state index in [1.54, 1.807) is 26.0 Å². The first-order valence-electron chi connectivity index (χ1n) is 4.84. The minimum Gasteiger partial charge on any atom is -0.462 e. The summed E-state index contributed by atoms with van der Waals surface area (Å²) in [4.78, 5) is 15.1. The van der Waals surface area contributed by atoms with Crippen LogP contribution < -0.4 is 14.5 Å². The second-order valence-electron chi connectivity index (χ2n) is 3.31. The first kappa shape index (κ1) is 13.3. The number of alkyl halides is 1. The van der Waals surface area contributed by atoms with Crippen LogP contribution in [0, 0.1) is 11.5 Å². The molecule has 0 aromatic carbocycles. The van der Waals surface area contributed by atoms with Crippen LogP contribution in [0.3, 0.4) is 0 Å². The van der Waals surface area contributed by atoms with Gasteiger partial charge in [0.25, 0.3) is 0 Å². The average Bonchev–Trinajstić information content (AvgIpc) is 2.34. The molecular weight excluding hydrogens is 244 g/mol. The highest BCUT2D eigenvalue weighted by atomic mass is 35.5. The first-order chi connectivity index (χ1) is 8.08. The van der Waals surface area contributed by atoms with E-state index in [2.05, 4.69) is 15.0 Å². The van der Waals surface area contributed by atoms with Gasteiger partial charge in [-0.25, -0.2) is 4.90 Å². The van der Waals surface area contributed by atoms with Crippen molar-refractivity contribution in [3.8, 4) is 12.2 Å². The highest BCUT2D eigenvalue weighted by Crippen LogP contribution is 2.15. The molecule has 0 spiro atoms. The van der Waals surface area contributed by atoms with Crippen LogP contribution in [0.5, 0.6) is 6.01 Å². The smallest absolute Gasteiger partial charge is 0.323 e. The van der Waals surface area contributed by atoms with Crippen LogP contribution in [0.1, 0.15) is 0 Å². The number of hydrogen-bond acceptors (Lipinski definition) is 7. The Labute approximate surface area is 105 Å². The van der Waals surface area contributed by atoms with Gasteiger partial charge in [-0.2, -0.15) is 20.2 Å². The molecule has 7 nitrogen and oxygen atoms in total. The molecular formula is C9H13ClN6O. The Hall–Kier alpha value is -1.81.